The predicted octanol–water partition coefficient (Wildman–Crippen LogP) is 3.28. The highest BCUT2D eigenvalue weighted by atomic mass is 16.3. The van der Waals surface area contributed by atoms with Crippen molar-refractivity contribution in [3.8, 4) is 0 Å². The van der Waals surface area contributed by atoms with E-state index in [1.807, 2.05) is 30.3 Å². The third-order valence-corrected chi connectivity index (χ3v) is 4.97. The number of carbonyl (C=O) groups excluding carboxylic acids is 2. The van der Waals surface area contributed by atoms with Crippen LogP contribution in [-0.2, 0) is 4.79 Å². The van der Waals surface area contributed by atoms with Crippen molar-refractivity contribution in [2.75, 3.05) is 18.4 Å². The van der Waals surface area contributed by atoms with Gasteiger partial charge < -0.3 is 14.6 Å². The molecule has 2 aromatic carbocycles. The summed E-state index contributed by atoms with van der Waals surface area (Å²) in [6.07, 6.45) is 1.43. The molecule has 0 saturated carbocycles. The topological polar surface area (TPSA) is 79.6 Å². The van der Waals surface area contributed by atoms with Crippen molar-refractivity contribution in [2.45, 2.75) is 12.8 Å². The van der Waals surface area contributed by atoms with Gasteiger partial charge >= 0.3 is 0 Å². The van der Waals surface area contributed by atoms with Gasteiger partial charge in [0.25, 0.3) is 5.91 Å². The van der Waals surface area contributed by atoms with Gasteiger partial charge in [-0.15, -0.1) is 0 Å². The molecule has 1 aliphatic rings. The summed E-state index contributed by atoms with van der Waals surface area (Å²) in [6, 6.07) is 17.3. The first-order valence-corrected chi connectivity index (χ1v) is 9.30. The largest absolute Gasteiger partial charge is 0.451 e. The first-order chi connectivity index (χ1) is 13.6. The molecule has 2 heterocycles. The van der Waals surface area contributed by atoms with Gasteiger partial charge in [0.1, 0.15) is 5.58 Å². The van der Waals surface area contributed by atoms with Crippen molar-refractivity contribution in [3.63, 3.8) is 0 Å². The highest BCUT2D eigenvalue weighted by Crippen LogP contribution is 2.21. The van der Waals surface area contributed by atoms with Crippen LogP contribution in [0, 0.1) is 5.92 Å². The molecule has 0 spiro atoms. The number of rotatable bonds is 3. The average Bonchev–Trinajstić information content (AvgIpc) is 2.74. The average molecular weight is 376 g/mol. The summed E-state index contributed by atoms with van der Waals surface area (Å²) in [7, 11) is 0. The molecule has 0 bridgehead atoms. The third-order valence-electron chi connectivity index (χ3n) is 4.97. The molecular formula is C22H20N2O4. The van der Waals surface area contributed by atoms with E-state index in [9.17, 15) is 14.4 Å². The summed E-state index contributed by atoms with van der Waals surface area (Å²) in [5.74, 6) is -0.762. The predicted molar refractivity (Wildman–Crippen MR) is 106 cm³/mol. The van der Waals surface area contributed by atoms with Gasteiger partial charge in [-0.25, -0.2) is 0 Å². The molecule has 1 aliphatic heterocycles. The van der Waals surface area contributed by atoms with Crippen molar-refractivity contribution in [1.29, 1.82) is 0 Å². The Morgan fingerprint density at radius 2 is 1.79 bits per heavy atom. The van der Waals surface area contributed by atoms with E-state index < -0.39 is 0 Å². The molecule has 1 unspecified atom stereocenters. The number of nitrogens with zero attached hydrogens (tertiary/aromatic N) is 1. The van der Waals surface area contributed by atoms with Crippen LogP contribution in [0.4, 0.5) is 5.69 Å². The maximum atomic E-state index is 12.9. The fourth-order valence-electron chi connectivity index (χ4n) is 3.51. The fourth-order valence-corrected chi connectivity index (χ4v) is 3.51. The minimum Gasteiger partial charge on any atom is -0.451 e. The SMILES string of the molecule is O=C(Nc1ccccc1)C1CCCN(C(=O)c2cc(=O)c3ccccc3o2)C1. The van der Waals surface area contributed by atoms with Crippen LogP contribution < -0.4 is 10.7 Å². The number of anilines is 1. The molecule has 1 saturated heterocycles. The number of para-hydroxylation sites is 2. The van der Waals surface area contributed by atoms with Crippen molar-refractivity contribution in [1.82, 2.24) is 4.90 Å². The van der Waals surface area contributed by atoms with E-state index >= 15 is 0 Å². The molecule has 1 fully saturated rings. The molecule has 0 aliphatic carbocycles. The molecule has 1 atom stereocenters. The minimum absolute atomic E-state index is 0.00724. The number of hydrogen-bond acceptors (Lipinski definition) is 4. The Balaban J connectivity index is 1.50. The standard InChI is InChI=1S/C22H20N2O4/c25-18-13-20(28-19-11-5-4-10-17(18)19)22(27)24-12-6-7-15(14-24)21(26)23-16-8-2-1-3-9-16/h1-5,8-11,13,15H,6-7,12,14H2,(H,23,26). The lowest BCUT2D eigenvalue weighted by Gasteiger charge is -2.31. The number of benzene rings is 2. The van der Waals surface area contributed by atoms with E-state index in [1.54, 1.807) is 29.2 Å². The highest BCUT2D eigenvalue weighted by Gasteiger charge is 2.30. The Labute approximate surface area is 161 Å². The van der Waals surface area contributed by atoms with Crippen LogP contribution in [0.15, 0.2) is 69.9 Å². The Morgan fingerprint density at radius 3 is 2.61 bits per heavy atom. The Morgan fingerprint density at radius 1 is 1.04 bits per heavy atom. The van der Waals surface area contributed by atoms with Gasteiger partial charge in [0.15, 0.2) is 11.2 Å². The summed E-state index contributed by atoms with van der Waals surface area (Å²) >= 11 is 0. The lowest BCUT2D eigenvalue weighted by molar-refractivity contribution is -0.121. The second-order valence-electron chi connectivity index (χ2n) is 6.92. The third kappa shape index (κ3) is 3.67. The van der Waals surface area contributed by atoms with E-state index in [0.717, 1.165) is 12.1 Å². The molecular weight excluding hydrogens is 356 g/mol. The number of amides is 2. The van der Waals surface area contributed by atoms with Crippen LogP contribution in [-0.4, -0.2) is 29.8 Å². The zero-order valence-corrected chi connectivity index (χ0v) is 15.3. The van der Waals surface area contributed by atoms with Gasteiger partial charge in [0, 0.05) is 24.8 Å². The number of hydrogen-bond donors (Lipinski definition) is 1. The van der Waals surface area contributed by atoms with Crippen molar-refractivity contribution < 1.29 is 14.0 Å². The van der Waals surface area contributed by atoms with E-state index in [4.69, 9.17) is 4.42 Å². The lowest BCUT2D eigenvalue weighted by atomic mass is 9.96. The van der Waals surface area contributed by atoms with Crippen molar-refractivity contribution >= 4 is 28.5 Å². The zero-order valence-electron chi connectivity index (χ0n) is 15.3. The summed E-state index contributed by atoms with van der Waals surface area (Å²) in [5.41, 5.74) is 0.866. The normalized spacial score (nSPS) is 16.7. The van der Waals surface area contributed by atoms with Gasteiger partial charge in [0.2, 0.25) is 5.91 Å². The van der Waals surface area contributed by atoms with E-state index in [1.165, 1.54) is 6.07 Å². The number of nitrogens with one attached hydrogen (secondary N) is 1. The second kappa shape index (κ2) is 7.68. The Bertz CT molecular complexity index is 1070. The Hall–Kier alpha value is -3.41. The molecule has 1 N–H and O–H groups in total. The van der Waals surface area contributed by atoms with E-state index in [2.05, 4.69) is 5.32 Å². The quantitative estimate of drug-likeness (QED) is 0.761. The molecule has 28 heavy (non-hydrogen) atoms. The molecule has 3 aromatic rings. The van der Waals surface area contributed by atoms with Gasteiger partial charge in [-0.2, -0.15) is 0 Å². The summed E-state index contributed by atoms with van der Waals surface area (Å²) in [5, 5.41) is 3.34. The molecule has 2 amide bonds. The molecule has 0 radical (unpaired) electrons. The first-order valence-electron chi connectivity index (χ1n) is 9.30. The summed E-state index contributed by atoms with van der Waals surface area (Å²) in [6.45, 7) is 0.832. The minimum atomic E-state index is -0.361. The van der Waals surface area contributed by atoms with Crippen molar-refractivity contribution in [3.05, 3.63) is 76.6 Å². The summed E-state index contributed by atoms with van der Waals surface area (Å²) < 4.78 is 5.66. The Kier molecular flexibility index (Phi) is 4.93. The zero-order chi connectivity index (χ0) is 19.5. The molecule has 142 valence electrons. The monoisotopic (exact) mass is 376 g/mol. The molecule has 1 aromatic heterocycles. The van der Waals surface area contributed by atoms with E-state index in [-0.39, 0.29) is 28.9 Å². The highest BCUT2D eigenvalue weighted by molar-refractivity contribution is 5.95. The van der Waals surface area contributed by atoms with Crippen LogP contribution in [0.5, 0.6) is 0 Å². The van der Waals surface area contributed by atoms with Crippen LogP contribution in [0.2, 0.25) is 0 Å². The van der Waals surface area contributed by atoms with Crippen LogP contribution in [0.25, 0.3) is 11.0 Å². The first kappa shape index (κ1) is 18.0. The summed E-state index contributed by atoms with van der Waals surface area (Å²) in [4.78, 5) is 39.3. The van der Waals surface area contributed by atoms with Gasteiger partial charge in [-0.05, 0) is 37.1 Å². The van der Waals surface area contributed by atoms with Crippen molar-refractivity contribution in [2.24, 2.45) is 5.92 Å². The van der Waals surface area contributed by atoms with E-state index in [0.29, 0.717) is 30.5 Å². The van der Waals surface area contributed by atoms with Crippen LogP contribution >= 0.6 is 0 Å². The second-order valence-corrected chi connectivity index (χ2v) is 6.92. The number of likely N-dealkylation sites (tertiary alicyclic amines) is 1. The molecule has 6 nitrogen and oxygen atoms in total. The van der Waals surface area contributed by atoms with Crippen LogP contribution in [0.1, 0.15) is 23.4 Å². The smallest absolute Gasteiger partial charge is 0.289 e. The lowest BCUT2D eigenvalue weighted by Crippen LogP contribution is -2.44. The number of carbonyl (C=O) groups is 2. The van der Waals surface area contributed by atoms with Gasteiger partial charge in [-0.1, -0.05) is 30.3 Å². The van der Waals surface area contributed by atoms with Crippen LogP contribution in [0.3, 0.4) is 0 Å². The maximum absolute atomic E-state index is 12.9. The van der Waals surface area contributed by atoms with Gasteiger partial charge in [-0.3, -0.25) is 14.4 Å². The number of fused-ring (bicyclic) bond motifs is 1. The van der Waals surface area contributed by atoms with Gasteiger partial charge in [0.05, 0.1) is 11.3 Å². The maximum Gasteiger partial charge on any atom is 0.289 e. The fraction of sp³-hybridized carbons (Fsp3) is 0.227. The molecule has 6 heteroatoms. The number of piperidine rings is 1. The molecule has 4 rings (SSSR count).